The summed E-state index contributed by atoms with van der Waals surface area (Å²) in [6, 6.07) is 0.0757. The van der Waals surface area contributed by atoms with Gasteiger partial charge in [-0.05, 0) is 14.0 Å². The van der Waals surface area contributed by atoms with Crippen LogP contribution in [0.25, 0.3) is 0 Å². The number of rotatable bonds is 5. The van der Waals surface area contributed by atoms with E-state index >= 15 is 0 Å². The summed E-state index contributed by atoms with van der Waals surface area (Å²) in [6.07, 6.45) is 0. The van der Waals surface area contributed by atoms with Crippen LogP contribution in [0.15, 0.2) is 0 Å². The Morgan fingerprint density at radius 2 is 2.08 bits per heavy atom. The van der Waals surface area contributed by atoms with Crippen LogP contribution in [0.4, 0.5) is 0 Å². The van der Waals surface area contributed by atoms with Gasteiger partial charge in [0, 0.05) is 18.5 Å². The van der Waals surface area contributed by atoms with Gasteiger partial charge in [-0.25, -0.2) is 0 Å². The van der Waals surface area contributed by atoms with E-state index in [9.17, 15) is 4.79 Å². The monoisotopic (exact) mass is 174 g/mol. The Balaban J connectivity index is 3.83. The molecule has 0 heterocycles. The van der Waals surface area contributed by atoms with Crippen LogP contribution in [0.5, 0.6) is 0 Å². The molecular weight excluding hydrogens is 156 g/mol. The van der Waals surface area contributed by atoms with Gasteiger partial charge < -0.3 is 15.7 Å². The number of primary amides is 1. The average Bonchev–Trinajstić information content (AvgIpc) is 2.02. The molecule has 0 bridgehead atoms. The average molecular weight is 174 g/mol. The van der Waals surface area contributed by atoms with Gasteiger partial charge in [-0.15, -0.1) is 0 Å². The third-order valence-electron chi connectivity index (χ3n) is 2.06. The first-order chi connectivity index (χ1) is 5.49. The minimum Gasteiger partial charge on any atom is -0.395 e. The Labute approximate surface area is 73.3 Å². The smallest absolute Gasteiger partial charge is 0.221 e. The van der Waals surface area contributed by atoms with E-state index in [0.29, 0.717) is 6.54 Å². The molecular formula is C8H18N2O2. The van der Waals surface area contributed by atoms with Gasteiger partial charge in [-0.1, -0.05) is 6.92 Å². The van der Waals surface area contributed by atoms with Crippen LogP contribution in [0.2, 0.25) is 0 Å². The molecule has 4 nitrogen and oxygen atoms in total. The van der Waals surface area contributed by atoms with Crippen LogP contribution >= 0.6 is 0 Å². The highest BCUT2D eigenvalue weighted by Gasteiger charge is 2.14. The van der Waals surface area contributed by atoms with Crippen LogP contribution in [-0.2, 0) is 4.79 Å². The molecule has 72 valence electrons. The van der Waals surface area contributed by atoms with Gasteiger partial charge in [0.2, 0.25) is 5.91 Å². The largest absolute Gasteiger partial charge is 0.395 e. The van der Waals surface area contributed by atoms with Crippen molar-refractivity contribution >= 4 is 5.91 Å². The summed E-state index contributed by atoms with van der Waals surface area (Å²) in [5, 5.41) is 8.80. The summed E-state index contributed by atoms with van der Waals surface area (Å²) in [6.45, 7) is 4.37. The van der Waals surface area contributed by atoms with Crippen LogP contribution < -0.4 is 5.73 Å². The predicted molar refractivity (Wildman–Crippen MR) is 47.5 cm³/mol. The number of amides is 1. The van der Waals surface area contributed by atoms with Gasteiger partial charge in [0.05, 0.1) is 6.61 Å². The number of nitrogens with zero attached hydrogens (tertiary/aromatic N) is 1. The normalized spacial score (nSPS) is 16.1. The van der Waals surface area contributed by atoms with E-state index in [4.69, 9.17) is 10.8 Å². The highest BCUT2D eigenvalue weighted by atomic mass is 16.3. The molecule has 0 aromatic heterocycles. The fourth-order valence-electron chi connectivity index (χ4n) is 0.841. The number of carbonyl (C=O) groups excluding carboxylic acids is 1. The zero-order valence-electron chi connectivity index (χ0n) is 7.95. The van der Waals surface area contributed by atoms with Crippen LogP contribution in [-0.4, -0.2) is 42.2 Å². The summed E-state index contributed by atoms with van der Waals surface area (Å²) in [5.41, 5.74) is 5.10. The number of likely N-dealkylation sites (N-methyl/N-ethyl adjacent to an activating group) is 1. The molecule has 1 amide bonds. The molecule has 0 saturated carbocycles. The standard InChI is InChI=1S/C8H18N2O2/c1-6(8(9)12)4-10(3)7(2)5-11/h6-7,11H,4-5H2,1-3H3,(H2,9,12). The van der Waals surface area contributed by atoms with E-state index in [1.807, 2.05) is 18.9 Å². The first-order valence-corrected chi connectivity index (χ1v) is 4.09. The molecule has 0 aromatic carbocycles. The van der Waals surface area contributed by atoms with Crippen molar-refractivity contribution in [2.75, 3.05) is 20.2 Å². The van der Waals surface area contributed by atoms with E-state index in [0.717, 1.165) is 0 Å². The Kier molecular flexibility index (Phi) is 4.85. The third kappa shape index (κ3) is 3.69. The minimum absolute atomic E-state index is 0.0757. The zero-order chi connectivity index (χ0) is 9.72. The fourth-order valence-corrected chi connectivity index (χ4v) is 0.841. The minimum atomic E-state index is -0.299. The number of nitrogens with two attached hydrogens (primary N) is 1. The maximum absolute atomic E-state index is 10.7. The van der Waals surface area contributed by atoms with Crippen molar-refractivity contribution < 1.29 is 9.90 Å². The first kappa shape index (κ1) is 11.4. The lowest BCUT2D eigenvalue weighted by Gasteiger charge is -2.24. The lowest BCUT2D eigenvalue weighted by molar-refractivity contribution is -0.121. The van der Waals surface area contributed by atoms with Crippen molar-refractivity contribution in [2.45, 2.75) is 19.9 Å². The maximum Gasteiger partial charge on any atom is 0.221 e. The van der Waals surface area contributed by atoms with Crippen molar-refractivity contribution in [1.29, 1.82) is 0 Å². The summed E-state index contributed by atoms with van der Waals surface area (Å²) < 4.78 is 0. The molecule has 0 fully saturated rings. The lowest BCUT2D eigenvalue weighted by Crippen LogP contribution is -2.38. The summed E-state index contributed by atoms with van der Waals surface area (Å²) in [4.78, 5) is 12.6. The molecule has 12 heavy (non-hydrogen) atoms. The molecule has 3 N–H and O–H groups in total. The molecule has 2 unspecified atom stereocenters. The van der Waals surface area contributed by atoms with Gasteiger partial charge in [0.1, 0.15) is 0 Å². The van der Waals surface area contributed by atoms with Crippen molar-refractivity contribution in [3.8, 4) is 0 Å². The summed E-state index contributed by atoms with van der Waals surface area (Å²) in [7, 11) is 1.86. The Bertz CT molecular complexity index is 150. The van der Waals surface area contributed by atoms with E-state index in [-0.39, 0.29) is 24.5 Å². The Morgan fingerprint density at radius 1 is 1.58 bits per heavy atom. The second kappa shape index (κ2) is 5.11. The lowest BCUT2D eigenvalue weighted by atomic mass is 10.1. The molecule has 0 spiro atoms. The molecule has 2 atom stereocenters. The van der Waals surface area contributed by atoms with Gasteiger partial charge >= 0.3 is 0 Å². The van der Waals surface area contributed by atoms with E-state index in [2.05, 4.69) is 0 Å². The zero-order valence-corrected chi connectivity index (χ0v) is 7.95. The molecule has 0 radical (unpaired) electrons. The van der Waals surface area contributed by atoms with Crippen molar-refractivity contribution in [2.24, 2.45) is 11.7 Å². The predicted octanol–water partition coefficient (Wildman–Crippen LogP) is -0.580. The Morgan fingerprint density at radius 3 is 2.42 bits per heavy atom. The van der Waals surface area contributed by atoms with Crippen molar-refractivity contribution in [3.05, 3.63) is 0 Å². The second-order valence-electron chi connectivity index (χ2n) is 3.27. The SMILES string of the molecule is CC(CN(C)C(C)CO)C(N)=O. The van der Waals surface area contributed by atoms with Crippen LogP contribution in [0, 0.1) is 5.92 Å². The molecule has 0 aliphatic heterocycles. The van der Waals surface area contributed by atoms with Crippen molar-refractivity contribution in [3.63, 3.8) is 0 Å². The van der Waals surface area contributed by atoms with Gasteiger partial charge in [0.25, 0.3) is 0 Å². The maximum atomic E-state index is 10.7. The highest BCUT2D eigenvalue weighted by molar-refractivity contribution is 5.76. The van der Waals surface area contributed by atoms with E-state index < -0.39 is 0 Å². The summed E-state index contributed by atoms with van der Waals surface area (Å²) in [5.74, 6) is -0.462. The van der Waals surface area contributed by atoms with Crippen LogP contribution in [0.3, 0.4) is 0 Å². The quantitative estimate of drug-likeness (QED) is 0.586. The number of carbonyl (C=O) groups is 1. The number of hydrogen-bond acceptors (Lipinski definition) is 3. The van der Waals surface area contributed by atoms with Crippen molar-refractivity contribution in [1.82, 2.24) is 4.90 Å². The molecule has 4 heteroatoms. The van der Waals surface area contributed by atoms with Crippen LogP contribution in [0.1, 0.15) is 13.8 Å². The highest BCUT2D eigenvalue weighted by Crippen LogP contribution is 2.00. The van der Waals surface area contributed by atoms with E-state index in [1.165, 1.54) is 0 Å². The van der Waals surface area contributed by atoms with Gasteiger partial charge in [0.15, 0.2) is 0 Å². The third-order valence-corrected chi connectivity index (χ3v) is 2.06. The molecule has 0 aliphatic carbocycles. The van der Waals surface area contributed by atoms with Gasteiger partial charge in [-0.2, -0.15) is 0 Å². The fraction of sp³-hybridized carbons (Fsp3) is 0.875. The summed E-state index contributed by atoms with van der Waals surface area (Å²) >= 11 is 0. The topological polar surface area (TPSA) is 66.6 Å². The molecule has 0 aliphatic rings. The van der Waals surface area contributed by atoms with Gasteiger partial charge in [-0.3, -0.25) is 4.79 Å². The number of hydrogen-bond donors (Lipinski definition) is 2. The van der Waals surface area contributed by atoms with E-state index in [1.54, 1.807) is 6.92 Å². The second-order valence-corrected chi connectivity index (χ2v) is 3.27. The number of aliphatic hydroxyl groups excluding tert-OH is 1. The Hall–Kier alpha value is -0.610. The number of aliphatic hydroxyl groups is 1. The molecule has 0 aromatic rings. The molecule has 0 saturated heterocycles. The molecule has 0 rings (SSSR count). The first-order valence-electron chi connectivity index (χ1n) is 4.09.